The number of hydrogen-bond acceptors (Lipinski definition) is 4. The summed E-state index contributed by atoms with van der Waals surface area (Å²) in [5.41, 5.74) is 0.703. The van der Waals surface area contributed by atoms with Crippen LogP contribution in [-0.4, -0.2) is 26.8 Å². The van der Waals surface area contributed by atoms with Crippen LogP contribution in [0.5, 0.6) is 0 Å². The number of aromatic nitrogens is 2. The molecule has 0 saturated heterocycles. The lowest BCUT2D eigenvalue weighted by atomic mass is 9.78. The minimum atomic E-state index is -0.321. The number of fused-ring (bicyclic) bond motifs is 1. The summed E-state index contributed by atoms with van der Waals surface area (Å²) in [6, 6.07) is 7.71. The molecule has 1 aliphatic rings. The van der Waals surface area contributed by atoms with Crippen LogP contribution in [0.15, 0.2) is 34.2 Å². The highest BCUT2D eigenvalue weighted by Gasteiger charge is 2.32. The second-order valence-electron chi connectivity index (χ2n) is 8.34. The maximum absolute atomic E-state index is 13.4. The molecule has 1 aromatic carbocycles. The van der Waals surface area contributed by atoms with E-state index in [-0.39, 0.29) is 28.8 Å². The minimum absolute atomic E-state index is 0.00974. The quantitative estimate of drug-likeness (QED) is 0.596. The number of para-hydroxylation sites is 1. The van der Waals surface area contributed by atoms with Gasteiger partial charge in [0.1, 0.15) is 0 Å². The maximum atomic E-state index is 13.4. The summed E-state index contributed by atoms with van der Waals surface area (Å²) in [5.74, 6) is 0.934. The molecular formula is C22H31N3O2S. The van der Waals surface area contributed by atoms with Crippen molar-refractivity contribution in [1.82, 2.24) is 14.9 Å². The molecule has 0 unspecified atom stereocenters. The molecule has 1 N–H and O–H groups in total. The molecule has 1 amide bonds. The van der Waals surface area contributed by atoms with E-state index in [1.165, 1.54) is 18.2 Å². The Morgan fingerprint density at radius 3 is 2.64 bits per heavy atom. The van der Waals surface area contributed by atoms with Crippen LogP contribution in [-0.2, 0) is 4.79 Å². The fourth-order valence-corrected chi connectivity index (χ4v) is 5.01. The molecule has 152 valence electrons. The van der Waals surface area contributed by atoms with Gasteiger partial charge in [-0.05, 0) is 51.2 Å². The average molecular weight is 402 g/mol. The van der Waals surface area contributed by atoms with Crippen LogP contribution in [0.3, 0.4) is 0 Å². The molecule has 0 bridgehead atoms. The van der Waals surface area contributed by atoms with Crippen LogP contribution in [0.1, 0.15) is 59.9 Å². The van der Waals surface area contributed by atoms with Crippen molar-refractivity contribution in [3.8, 4) is 0 Å². The van der Waals surface area contributed by atoms with Crippen molar-refractivity contribution < 1.29 is 4.79 Å². The molecule has 0 spiro atoms. The third-order valence-electron chi connectivity index (χ3n) is 5.85. The minimum Gasteiger partial charge on any atom is -0.353 e. The highest BCUT2D eigenvalue weighted by atomic mass is 32.2. The highest BCUT2D eigenvalue weighted by molar-refractivity contribution is 8.00. The first-order chi connectivity index (χ1) is 13.3. The standard InChI is InChI=1S/C22H31N3O2S/c1-13(2)23-20(26)16(5)28-22-24-18-11-7-6-10-17(18)21(27)25(22)19-12-8-9-14(3)15(19)4/h6-7,10-11,13-16,19H,8-9,12H2,1-5H3,(H,23,26)/t14-,15-,16+,19-/m1/s1. The van der Waals surface area contributed by atoms with Gasteiger partial charge in [-0.2, -0.15) is 0 Å². The molecule has 0 radical (unpaired) electrons. The molecule has 1 saturated carbocycles. The molecular weight excluding hydrogens is 370 g/mol. The first-order valence-electron chi connectivity index (χ1n) is 10.3. The van der Waals surface area contributed by atoms with Gasteiger partial charge in [0.2, 0.25) is 5.91 Å². The van der Waals surface area contributed by atoms with E-state index in [1.807, 2.05) is 49.6 Å². The fraction of sp³-hybridized carbons (Fsp3) is 0.591. The van der Waals surface area contributed by atoms with Gasteiger partial charge in [0.25, 0.3) is 5.56 Å². The van der Waals surface area contributed by atoms with Gasteiger partial charge in [-0.15, -0.1) is 0 Å². The Labute approximate surface area is 171 Å². The molecule has 1 fully saturated rings. The summed E-state index contributed by atoms with van der Waals surface area (Å²) in [5, 5.41) is 3.94. The van der Waals surface area contributed by atoms with Gasteiger partial charge in [0, 0.05) is 12.1 Å². The molecule has 1 aromatic heterocycles. The Morgan fingerprint density at radius 1 is 1.21 bits per heavy atom. The van der Waals surface area contributed by atoms with Crippen LogP contribution in [0.2, 0.25) is 0 Å². The number of nitrogens with one attached hydrogen (secondary N) is 1. The van der Waals surface area contributed by atoms with E-state index >= 15 is 0 Å². The predicted molar refractivity (Wildman–Crippen MR) is 116 cm³/mol. The van der Waals surface area contributed by atoms with E-state index in [9.17, 15) is 9.59 Å². The second-order valence-corrected chi connectivity index (χ2v) is 9.65. The van der Waals surface area contributed by atoms with Gasteiger partial charge < -0.3 is 5.32 Å². The largest absolute Gasteiger partial charge is 0.353 e. The van der Waals surface area contributed by atoms with Gasteiger partial charge in [0.15, 0.2) is 5.16 Å². The number of carbonyl (C=O) groups is 1. The Morgan fingerprint density at radius 2 is 1.93 bits per heavy atom. The molecule has 3 rings (SSSR count). The number of hydrogen-bond donors (Lipinski definition) is 1. The topological polar surface area (TPSA) is 64.0 Å². The lowest BCUT2D eigenvalue weighted by molar-refractivity contribution is -0.120. The maximum Gasteiger partial charge on any atom is 0.262 e. The monoisotopic (exact) mass is 401 g/mol. The van der Waals surface area contributed by atoms with E-state index in [0.29, 0.717) is 27.9 Å². The lowest BCUT2D eigenvalue weighted by Crippen LogP contribution is -2.38. The SMILES string of the molecule is CC(C)NC(=O)[C@H](C)Sc1nc2ccccc2c(=O)n1[C@@H]1CCC[C@@H](C)[C@H]1C. The van der Waals surface area contributed by atoms with Crippen molar-refractivity contribution in [2.24, 2.45) is 11.8 Å². The van der Waals surface area contributed by atoms with Crippen molar-refractivity contribution >= 4 is 28.6 Å². The van der Waals surface area contributed by atoms with Crippen LogP contribution in [0.25, 0.3) is 10.9 Å². The third-order valence-corrected chi connectivity index (χ3v) is 6.92. The van der Waals surface area contributed by atoms with Crippen molar-refractivity contribution in [3.63, 3.8) is 0 Å². The van der Waals surface area contributed by atoms with Crippen LogP contribution in [0.4, 0.5) is 0 Å². The molecule has 1 aliphatic carbocycles. The number of nitrogens with zero attached hydrogens (tertiary/aromatic N) is 2. The predicted octanol–water partition coefficient (Wildman–Crippen LogP) is 4.40. The zero-order valence-electron chi connectivity index (χ0n) is 17.4. The number of rotatable bonds is 5. The lowest BCUT2D eigenvalue weighted by Gasteiger charge is -2.36. The highest BCUT2D eigenvalue weighted by Crippen LogP contribution is 2.39. The van der Waals surface area contributed by atoms with E-state index in [2.05, 4.69) is 19.2 Å². The van der Waals surface area contributed by atoms with E-state index < -0.39 is 0 Å². The Hall–Kier alpha value is -1.82. The molecule has 28 heavy (non-hydrogen) atoms. The van der Waals surface area contributed by atoms with Crippen LogP contribution >= 0.6 is 11.8 Å². The average Bonchev–Trinajstić information content (AvgIpc) is 2.64. The fourth-order valence-electron chi connectivity index (χ4n) is 4.03. The van der Waals surface area contributed by atoms with Gasteiger partial charge in [0.05, 0.1) is 16.2 Å². The summed E-state index contributed by atoms with van der Waals surface area (Å²) in [6.45, 7) is 10.3. The van der Waals surface area contributed by atoms with E-state index in [0.717, 1.165) is 12.8 Å². The molecule has 5 nitrogen and oxygen atoms in total. The number of thioether (sulfide) groups is 1. The Balaban J connectivity index is 2.07. The summed E-state index contributed by atoms with van der Waals surface area (Å²) in [4.78, 5) is 30.7. The van der Waals surface area contributed by atoms with Crippen molar-refractivity contribution in [1.29, 1.82) is 0 Å². The molecule has 4 atom stereocenters. The van der Waals surface area contributed by atoms with Crippen molar-refractivity contribution in [3.05, 3.63) is 34.6 Å². The van der Waals surface area contributed by atoms with Crippen molar-refractivity contribution in [2.45, 2.75) is 76.4 Å². The Bertz CT molecular complexity index is 908. The van der Waals surface area contributed by atoms with Crippen LogP contribution < -0.4 is 10.9 Å². The van der Waals surface area contributed by atoms with Crippen molar-refractivity contribution in [2.75, 3.05) is 0 Å². The van der Waals surface area contributed by atoms with Gasteiger partial charge in [-0.1, -0.05) is 50.6 Å². The van der Waals surface area contributed by atoms with E-state index in [1.54, 1.807) is 0 Å². The molecule has 6 heteroatoms. The summed E-state index contributed by atoms with van der Waals surface area (Å²) in [6.07, 6.45) is 3.29. The molecule has 0 aliphatic heterocycles. The van der Waals surface area contributed by atoms with Gasteiger partial charge in [-0.25, -0.2) is 4.98 Å². The Kier molecular flexibility index (Phi) is 6.48. The number of carbonyl (C=O) groups excluding carboxylic acids is 1. The van der Waals surface area contributed by atoms with Gasteiger partial charge in [-0.3, -0.25) is 14.2 Å². The smallest absolute Gasteiger partial charge is 0.262 e. The van der Waals surface area contributed by atoms with E-state index in [4.69, 9.17) is 4.98 Å². The zero-order chi connectivity index (χ0) is 20.4. The first kappa shape index (κ1) is 20.9. The summed E-state index contributed by atoms with van der Waals surface area (Å²) in [7, 11) is 0. The molecule has 2 aromatic rings. The zero-order valence-corrected chi connectivity index (χ0v) is 18.3. The summed E-state index contributed by atoms with van der Waals surface area (Å²) < 4.78 is 1.88. The first-order valence-corrected chi connectivity index (χ1v) is 11.2. The van der Waals surface area contributed by atoms with Gasteiger partial charge >= 0.3 is 0 Å². The van der Waals surface area contributed by atoms with Crippen LogP contribution in [0, 0.1) is 11.8 Å². The second kappa shape index (κ2) is 8.68. The number of amides is 1. The normalized spacial score (nSPS) is 23.7. The molecule has 1 heterocycles. The summed E-state index contributed by atoms with van der Waals surface area (Å²) >= 11 is 1.39. The number of benzene rings is 1. The third kappa shape index (κ3) is 4.27.